The van der Waals surface area contributed by atoms with Crippen LogP contribution in [0, 0.1) is 5.92 Å². The molecule has 1 fully saturated rings. The van der Waals surface area contributed by atoms with Gasteiger partial charge in [0.05, 0.1) is 31.8 Å². The molecule has 1 amide bonds. The third-order valence-corrected chi connectivity index (χ3v) is 7.89. The SMILES string of the molecule is COc1ccc(CN(C)C(=O)c2cc(S(=O)(=O)N3CCC(C)CC3)ccc2OC)cc1OC. The zero-order chi connectivity index (χ0) is 24.2. The lowest BCUT2D eigenvalue weighted by Gasteiger charge is -2.29. The maximum atomic E-state index is 13.3. The van der Waals surface area contributed by atoms with Gasteiger partial charge < -0.3 is 19.1 Å². The minimum atomic E-state index is -3.69. The first-order chi connectivity index (χ1) is 15.7. The van der Waals surface area contributed by atoms with Gasteiger partial charge in [0.15, 0.2) is 11.5 Å². The van der Waals surface area contributed by atoms with Crippen LogP contribution in [0.1, 0.15) is 35.7 Å². The van der Waals surface area contributed by atoms with E-state index in [9.17, 15) is 13.2 Å². The van der Waals surface area contributed by atoms with Crippen molar-refractivity contribution in [2.75, 3.05) is 41.5 Å². The summed E-state index contributed by atoms with van der Waals surface area (Å²) >= 11 is 0. The number of amides is 1. The number of ether oxygens (including phenoxy) is 3. The van der Waals surface area contributed by atoms with E-state index >= 15 is 0 Å². The first-order valence-corrected chi connectivity index (χ1v) is 12.3. The molecule has 0 aromatic heterocycles. The van der Waals surface area contributed by atoms with E-state index in [2.05, 4.69) is 6.92 Å². The van der Waals surface area contributed by atoms with E-state index in [1.54, 1.807) is 33.4 Å². The lowest BCUT2D eigenvalue weighted by atomic mass is 10.0. The lowest BCUT2D eigenvalue weighted by Crippen LogP contribution is -2.38. The molecule has 0 spiro atoms. The Hall–Kier alpha value is -2.78. The second-order valence-corrected chi connectivity index (χ2v) is 10.2. The summed E-state index contributed by atoms with van der Waals surface area (Å²) < 4.78 is 43.9. The van der Waals surface area contributed by atoms with Crippen molar-refractivity contribution >= 4 is 15.9 Å². The highest BCUT2D eigenvalue weighted by molar-refractivity contribution is 7.89. The second kappa shape index (κ2) is 10.4. The quantitative estimate of drug-likeness (QED) is 0.581. The largest absolute Gasteiger partial charge is 0.496 e. The van der Waals surface area contributed by atoms with E-state index in [1.807, 2.05) is 6.07 Å². The van der Waals surface area contributed by atoms with E-state index in [0.717, 1.165) is 18.4 Å². The Balaban J connectivity index is 1.86. The summed E-state index contributed by atoms with van der Waals surface area (Å²) in [6.45, 7) is 3.39. The monoisotopic (exact) mass is 476 g/mol. The lowest BCUT2D eigenvalue weighted by molar-refractivity contribution is 0.0781. The van der Waals surface area contributed by atoms with Gasteiger partial charge >= 0.3 is 0 Å². The van der Waals surface area contributed by atoms with Crippen LogP contribution in [-0.2, 0) is 16.6 Å². The fourth-order valence-electron chi connectivity index (χ4n) is 3.92. The normalized spacial score (nSPS) is 15.2. The molecule has 8 nitrogen and oxygen atoms in total. The molecule has 2 aromatic rings. The summed E-state index contributed by atoms with van der Waals surface area (Å²) in [5.74, 6) is 1.66. The molecule has 0 unspecified atom stereocenters. The van der Waals surface area contributed by atoms with E-state index in [-0.39, 0.29) is 16.4 Å². The Morgan fingerprint density at radius 3 is 2.18 bits per heavy atom. The van der Waals surface area contributed by atoms with Crippen molar-refractivity contribution in [3.63, 3.8) is 0 Å². The summed E-state index contributed by atoms with van der Waals surface area (Å²) in [5.41, 5.74) is 1.04. The average molecular weight is 477 g/mol. The second-order valence-electron chi connectivity index (χ2n) is 8.30. The summed E-state index contributed by atoms with van der Waals surface area (Å²) in [5, 5.41) is 0. The van der Waals surface area contributed by atoms with Gasteiger partial charge in [-0.1, -0.05) is 13.0 Å². The maximum Gasteiger partial charge on any atom is 0.257 e. The number of hydrogen-bond acceptors (Lipinski definition) is 6. The van der Waals surface area contributed by atoms with Crippen LogP contribution in [0.3, 0.4) is 0 Å². The van der Waals surface area contributed by atoms with E-state index in [4.69, 9.17) is 14.2 Å². The number of hydrogen-bond donors (Lipinski definition) is 0. The number of sulfonamides is 1. The van der Waals surface area contributed by atoms with E-state index in [1.165, 1.54) is 34.5 Å². The van der Waals surface area contributed by atoms with Gasteiger partial charge in [-0.05, 0) is 54.7 Å². The van der Waals surface area contributed by atoms with Crippen LogP contribution in [0.5, 0.6) is 17.2 Å². The van der Waals surface area contributed by atoms with Crippen LogP contribution < -0.4 is 14.2 Å². The van der Waals surface area contributed by atoms with Gasteiger partial charge in [-0.15, -0.1) is 0 Å². The Labute approximate surface area is 196 Å². The van der Waals surface area contributed by atoms with Gasteiger partial charge in [0, 0.05) is 26.7 Å². The number of methoxy groups -OCH3 is 3. The first-order valence-electron chi connectivity index (χ1n) is 10.9. The zero-order valence-corrected chi connectivity index (χ0v) is 20.6. The first kappa shape index (κ1) is 24.9. The molecule has 0 bridgehead atoms. The highest BCUT2D eigenvalue weighted by atomic mass is 32.2. The van der Waals surface area contributed by atoms with Crippen LogP contribution in [0.2, 0.25) is 0 Å². The van der Waals surface area contributed by atoms with Crippen LogP contribution in [-0.4, -0.2) is 65.0 Å². The molecule has 0 saturated carbocycles. The summed E-state index contributed by atoms with van der Waals surface area (Å²) in [4.78, 5) is 14.9. The molecule has 2 aromatic carbocycles. The number of benzene rings is 2. The smallest absolute Gasteiger partial charge is 0.257 e. The molecule has 0 atom stereocenters. The molecule has 180 valence electrons. The van der Waals surface area contributed by atoms with Crippen LogP contribution in [0.25, 0.3) is 0 Å². The number of nitrogens with zero attached hydrogens (tertiary/aromatic N) is 2. The van der Waals surface area contributed by atoms with Crippen molar-refractivity contribution in [1.29, 1.82) is 0 Å². The number of piperidine rings is 1. The molecule has 0 N–H and O–H groups in total. The third-order valence-electron chi connectivity index (χ3n) is 6.00. The van der Waals surface area contributed by atoms with Gasteiger partial charge in [0.2, 0.25) is 10.0 Å². The minimum Gasteiger partial charge on any atom is -0.496 e. The van der Waals surface area contributed by atoms with Gasteiger partial charge in [-0.2, -0.15) is 4.31 Å². The molecule has 1 aliphatic heterocycles. The van der Waals surface area contributed by atoms with Crippen LogP contribution in [0.15, 0.2) is 41.3 Å². The standard InChI is InChI=1S/C24H32N2O6S/c1-17-10-12-26(13-11-17)33(28,29)19-7-9-21(30-3)20(15-19)24(27)25(2)16-18-6-8-22(31-4)23(14-18)32-5/h6-9,14-15,17H,10-13,16H2,1-5H3. The predicted molar refractivity (Wildman–Crippen MR) is 125 cm³/mol. The third kappa shape index (κ3) is 5.42. The van der Waals surface area contributed by atoms with Crippen molar-refractivity contribution in [2.24, 2.45) is 5.92 Å². The molecule has 1 aliphatic rings. The number of carbonyl (C=O) groups is 1. The number of carbonyl (C=O) groups excluding carboxylic acids is 1. The molecule has 0 aliphatic carbocycles. The molecule has 3 rings (SSSR count). The van der Waals surface area contributed by atoms with Crippen molar-refractivity contribution in [3.05, 3.63) is 47.5 Å². The van der Waals surface area contributed by atoms with Gasteiger partial charge in [-0.3, -0.25) is 4.79 Å². The Bertz CT molecular complexity index is 1090. The highest BCUT2D eigenvalue weighted by Crippen LogP contribution is 2.30. The molecule has 33 heavy (non-hydrogen) atoms. The summed E-state index contributed by atoms with van der Waals surface area (Å²) in [6, 6.07) is 9.88. The van der Waals surface area contributed by atoms with Crippen molar-refractivity contribution in [1.82, 2.24) is 9.21 Å². The fourth-order valence-corrected chi connectivity index (χ4v) is 5.42. The minimum absolute atomic E-state index is 0.0979. The summed E-state index contributed by atoms with van der Waals surface area (Å²) in [6.07, 6.45) is 1.66. The maximum absolute atomic E-state index is 13.3. The average Bonchev–Trinajstić information content (AvgIpc) is 2.83. The zero-order valence-electron chi connectivity index (χ0n) is 19.8. The fraction of sp³-hybridized carbons (Fsp3) is 0.458. The molecular weight excluding hydrogens is 444 g/mol. The Kier molecular flexibility index (Phi) is 7.86. The van der Waals surface area contributed by atoms with Crippen LogP contribution in [0.4, 0.5) is 0 Å². The topological polar surface area (TPSA) is 85.4 Å². The van der Waals surface area contributed by atoms with E-state index in [0.29, 0.717) is 42.8 Å². The molecular formula is C24H32N2O6S. The van der Waals surface area contributed by atoms with Gasteiger partial charge in [-0.25, -0.2) is 8.42 Å². The van der Waals surface area contributed by atoms with E-state index < -0.39 is 10.0 Å². The Morgan fingerprint density at radius 2 is 1.58 bits per heavy atom. The Morgan fingerprint density at radius 1 is 0.970 bits per heavy atom. The van der Waals surface area contributed by atoms with Gasteiger partial charge in [0.1, 0.15) is 5.75 Å². The van der Waals surface area contributed by atoms with Crippen LogP contribution >= 0.6 is 0 Å². The van der Waals surface area contributed by atoms with Gasteiger partial charge in [0.25, 0.3) is 5.91 Å². The van der Waals surface area contributed by atoms with Crippen molar-refractivity contribution in [2.45, 2.75) is 31.2 Å². The molecule has 1 heterocycles. The predicted octanol–water partition coefficient (Wildman–Crippen LogP) is 3.41. The highest BCUT2D eigenvalue weighted by Gasteiger charge is 2.30. The summed E-state index contributed by atoms with van der Waals surface area (Å²) in [7, 11) is 2.54. The number of rotatable bonds is 8. The molecule has 1 saturated heterocycles. The molecule has 0 radical (unpaired) electrons. The van der Waals surface area contributed by atoms with Crippen molar-refractivity contribution in [3.8, 4) is 17.2 Å². The van der Waals surface area contributed by atoms with Crippen molar-refractivity contribution < 1.29 is 27.4 Å². The molecule has 9 heteroatoms.